The molecule has 5 heteroatoms. The SMILES string of the molecule is O=C(COc1ccccc1F)NCCc1ccccc1F. The monoisotopic (exact) mass is 291 g/mol. The van der Waals surface area contributed by atoms with Crippen molar-refractivity contribution < 1.29 is 18.3 Å². The summed E-state index contributed by atoms with van der Waals surface area (Å²) in [6, 6.07) is 12.2. The lowest BCUT2D eigenvalue weighted by Crippen LogP contribution is -2.30. The number of nitrogens with one attached hydrogen (secondary N) is 1. The van der Waals surface area contributed by atoms with E-state index in [0.717, 1.165) is 0 Å². The largest absolute Gasteiger partial charge is 0.481 e. The molecule has 3 nitrogen and oxygen atoms in total. The fourth-order valence-corrected chi connectivity index (χ4v) is 1.79. The summed E-state index contributed by atoms with van der Waals surface area (Å²) in [6.07, 6.45) is 0.387. The zero-order valence-electron chi connectivity index (χ0n) is 11.3. The van der Waals surface area contributed by atoms with Crippen LogP contribution < -0.4 is 10.1 Å². The second-order valence-electron chi connectivity index (χ2n) is 4.41. The first kappa shape index (κ1) is 15.0. The third-order valence-electron chi connectivity index (χ3n) is 2.87. The zero-order valence-corrected chi connectivity index (χ0v) is 11.3. The minimum absolute atomic E-state index is 0.0294. The molecule has 0 spiro atoms. The zero-order chi connectivity index (χ0) is 15.1. The van der Waals surface area contributed by atoms with E-state index in [0.29, 0.717) is 18.5 Å². The van der Waals surface area contributed by atoms with Crippen molar-refractivity contribution in [1.82, 2.24) is 5.32 Å². The minimum atomic E-state index is -0.517. The van der Waals surface area contributed by atoms with Gasteiger partial charge in [-0.2, -0.15) is 0 Å². The van der Waals surface area contributed by atoms with Crippen molar-refractivity contribution in [3.05, 3.63) is 65.7 Å². The molecule has 0 saturated carbocycles. The predicted octanol–water partition coefficient (Wildman–Crippen LogP) is 2.70. The molecular weight excluding hydrogens is 276 g/mol. The van der Waals surface area contributed by atoms with Gasteiger partial charge in [0.25, 0.3) is 5.91 Å². The molecule has 2 aromatic carbocycles. The van der Waals surface area contributed by atoms with Crippen LogP contribution in [0.4, 0.5) is 8.78 Å². The fourth-order valence-electron chi connectivity index (χ4n) is 1.79. The number of carbonyl (C=O) groups is 1. The van der Waals surface area contributed by atoms with Crippen LogP contribution >= 0.6 is 0 Å². The highest BCUT2D eigenvalue weighted by Gasteiger charge is 2.06. The summed E-state index contributed by atoms with van der Waals surface area (Å²) in [7, 11) is 0. The van der Waals surface area contributed by atoms with E-state index in [1.54, 1.807) is 24.3 Å². The molecule has 0 aliphatic carbocycles. The van der Waals surface area contributed by atoms with E-state index in [1.165, 1.54) is 24.3 Å². The first-order valence-electron chi connectivity index (χ1n) is 6.54. The average molecular weight is 291 g/mol. The minimum Gasteiger partial charge on any atom is -0.481 e. The molecular formula is C16H15F2NO2. The van der Waals surface area contributed by atoms with Crippen LogP contribution in [0.5, 0.6) is 5.75 Å². The quantitative estimate of drug-likeness (QED) is 0.888. The number of amides is 1. The van der Waals surface area contributed by atoms with Crippen LogP contribution in [0.3, 0.4) is 0 Å². The maximum atomic E-state index is 13.3. The van der Waals surface area contributed by atoms with Crippen LogP contribution in [0.15, 0.2) is 48.5 Å². The Morgan fingerprint density at radius 2 is 1.67 bits per heavy atom. The molecule has 110 valence electrons. The Morgan fingerprint density at radius 1 is 1.00 bits per heavy atom. The van der Waals surface area contributed by atoms with Gasteiger partial charge in [0.05, 0.1) is 0 Å². The maximum Gasteiger partial charge on any atom is 0.257 e. The molecule has 0 saturated heterocycles. The van der Waals surface area contributed by atoms with Crippen molar-refractivity contribution in [2.45, 2.75) is 6.42 Å². The number of halogens is 2. The summed E-state index contributed by atoms with van der Waals surface area (Å²) < 4.78 is 31.7. The van der Waals surface area contributed by atoms with E-state index in [4.69, 9.17) is 4.74 Å². The summed E-state index contributed by atoms with van der Waals surface area (Å²) in [4.78, 5) is 11.6. The summed E-state index contributed by atoms with van der Waals surface area (Å²) >= 11 is 0. The number of benzene rings is 2. The molecule has 0 fully saturated rings. The van der Waals surface area contributed by atoms with Crippen molar-refractivity contribution in [2.75, 3.05) is 13.2 Å². The Bertz CT molecular complexity index is 617. The van der Waals surface area contributed by atoms with Gasteiger partial charge in [-0.1, -0.05) is 30.3 Å². The molecule has 0 bridgehead atoms. The van der Waals surface area contributed by atoms with E-state index in [-0.39, 0.29) is 24.1 Å². The number of rotatable bonds is 6. The molecule has 0 aliphatic rings. The topological polar surface area (TPSA) is 38.3 Å². The smallest absolute Gasteiger partial charge is 0.257 e. The van der Waals surface area contributed by atoms with Gasteiger partial charge in [-0.05, 0) is 30.2 Å². The van der Waals surface area contributed by atoms with Crippen molar-refractivity contribution in [1.29, 1.82) is 0 Å². The maximum absolute atomic E-state index is 13.3. The van der Waals surface area contributed by atoms with E-state index in [9.17, 15) is 13.6 Å². The molecule has 1 N–H and O–H groups in total. The summed E-state index contributed by atoms with van der Waals surface area (Å²) in [5.41, 5.74) is 0.535. The number of para-hydroxylation sites is 1. The Balaban J connectivity index is 1.73. The van der Waals surface area contributed by atoms with Crippen LogP contribution in [-0.4, -0.2) is 19.1 Å². The molecule has 0 unspecified atom stereocenters. The van der Waals surface area contributed by atoms with Crippen molar-refractivity contribution in [3.63, 3.8) is 0 Å². The lowest BCUT2D eigenvalue weighted by Gasteiger charge is -2.08. The molecule has 0 atom stereocenters. The van der Waals surface area contributed by atoms with Crippen LogP contribution in [0.1, 0.15) is 5.56 Å². The van der Waals surface area contributed by atoms with Gasteiger partial charge in [0, 0.05) is 6.54 Å². The number of ether oxygens (including phenoxy) is 1. The van der Waals surface area contributed by atoms with Gasteiger partial charge in [0.1, 0.15) is 5.82 Å². The van der Waals surface area contributed by atoms with Gasteiger partial charge in [0.2, 0.25) is 0 Å². The van der Waals surface area contributed by atoms with E-state index in [1.807, 2.05) is 0 Å². The molecule has 21 heavy (non-hydrogen) atoms. The van der Waals surface area contributed by atoms with E-state index in [2.05, 4.69) is 5.32 Å². The Kier molecular flexibility index (Phi) is 5.26. The van der Waals surface area contributed by atoms with Crippen molar-refractivity contribution in [2.24, 2.45) is 0 Å². The Labute approximate surface area is 121 Å². The third-order valence-corrected chi connectivity index (χ3v) is 2.87. The normalized spacial score (nSPS) is 10.2. The molecule has 1 amide bonds. The number of carbonyl (C=O) groups excluding carboxylic acids is 1. The van der Waals surface area contributed by atoms with Gasteiger partial charge < -0.3 is 10.1 Å². The molecule has 0 aliphatic heterocycles. The predicted molar refractivity (Wildman–Crippen MR) is 75.0 cm³/mol. The summed E-state index contributed by atoms with van der Waals surface area (Å²) in [6.45, 7) is 0.0125. The van der Waals surface area contributed by atoms with E-state index < -0.39 is 5.82 Å². The lowest BCUT2D eigenvalue weighted by atomic mass is 10.1. The second-order valence-corrected chi connectivity index (χ2v) is 4.41. The third kappa shape index (κ3) is 4.56. The molecule has 0 aromatic heterocycles. The second kappa shape index (κ2) is 7.38. The fraction of sp³-hybridized carbons (Fsp3) is 0.188. The van der Waals surface area contributed by atoms with Crippen molar-refractivity contribution >= 4 is 5.91 Å². The van der Waals surface area contributed by atoms with Gasteiger partial charge in [-0.25, -0.2) is 8.78 Å². The van der Waals surface area contributed by atoms with Crippen molar-refractivity contribution in [3.8, 4) is 5.75 Å². The summed E-state index contributed by atoms with van der Waals surface area (Å²) in [5.74, 6) is -1.16. The van der Waals surface area contributed by atoms with Gasteiger partial charge in [0.15, 0.2) is 18.2 Å². The molecule has 0 heterocycles. The highest BCUT2D eigenvalue weighted by Crippen LogP contribution is 2.14. The van der Waals surface area contributed by atoms with Crippen LogP contribution in [0.2, 0.25) is 0 Å². The highest BCUT2D eigenvalue weighted by molar-refractivity contribution is 5.77. The van der Waals surface area contributed by atoms with Crippen LogP contribution in [-0.2, 0) is 11.2 Å². The van der Waals surface area contributed by atoms with Gasteiger partial charge in [-0.15, -0.1) is 0 Å². The van der Waals surface area contributed by atoms with Gasteiger partial charge >= 0.3 is 0 Å². The number of hydrogen-bond donors (Lipinski definition) is 1. The molecule has 2 aromatic rings. The lowest BCUT2D eigenvalue weighted by molar-refractivity contribution is -0.123. The Morgan fingerprint density at radius 3 is 2.38 bits per heavy atom. The molecule has 2 rings (SSSR count). The van der Waals surface area contributed by atoms with Gasteiger partial charge in [-0.3, -0.25) is 4.79 Å². The average Bonchev–Trinajstić information content (AvgIpc) is 2.48. The first-order valence-corrected chi connectivity index (χ1v) is 6.54. The number of hydrogen-bond acceptors (Lipinski definition) is 2. The molecule has 0 radical (unpaired) electrons. The first-order chi connectivity index (χ1) is 10.2. The standard InChI is InChI=1S/C16H15F2NO2/c17-13-6-2-1-5-12(13)9-10-19-16(20)11-21-15-8-4-3-7-14(15)18/h1-8H,9-11H2,(H,19,20). The Hall–Kier alpha value is -2.43. The highest BCUT2D eigenvalue weighted by atomic mass is 19.1. The van der Waals surface area contributed by atoms with Crippen LogP contribution in [0, 0.1) is 11.6 Å². The van der Waals surface area contributed by atoms with E-state index >= 15 is 0 Å². The summed E-state index contributed by atoms with van der Waals surface area (Å²) in [5, 5.41) is 2.60. The van der Waals surface area contributed by atoms with Crippen LogP contribution in [0.25, 0.3) is 0 Å².